The maximum absolute atomic E-state index is 5.93. The highest BCUT2D eigenvalue weighted by atomic mass is 35.5. The summed E-state index contributed by atoms with van der Waals surface area (Å²) in [5.74, 6) is 0.711. The molecular formula is C9H14ClN3. The molecule has 0 saturated heterocycles. The van der Waals surface area contributed by atoms with Gasteiger partial charge >= 0.3 is 0 Å². The Hall–Kier alpha value is -0.540. The Labute approximate surface area is 82.9 Å². The van der Waals surface area contributed by atoms with Crippen LogP contribution in [0.1, 0.15) is 18.5 Å². The lowest BCUT2D eigenvalue weighted by atomic mass is 9.95. The van der Waals surface area contributed by atoms with Crippen LogP contribution in [-0.2, 0) is 13.0 Å². The minimum absolute atomic E-state index is 0.672. The monoisotopic (exact) mass is 199 g/mol. The molecule has 1 aliphatic rings. The van der Waals surface area contributed by atoms with Gasteiger partial charge in [0.2, 0.25) is 0 Å². The first-order chi connectivity index (χ1) is 6.31. The van der Waals surface area contributed by atoms with E-state index >= 15 is 0 Å². The number of hydrogen-bond acceptors (Lipinski definition) is 2. The Morgan fingerprint density at radius 1 is 1.69 bits per heavy atom. The van der Waals surface area contributed by atoms with Crippen molar-refractivity contribution >= 4 is 11.6 Å². The van der Waals surface area contributed by atoms with Crippen LogP contribution in [-0.4, -0.2) is 16.1 Å². The van der Waals surface area contributed by atoms with Crippen molar-refractivity contribution in [2.45, 2.75) is 25.8 Å². The minimum atomic E-state index is 0.672. The van der Waals surface area contributed by atoms with Gasteiger partial charge in [0.25, 0.3) is 0 Å². The van der Waals surface area contributed by atoms with Gasteiger partial charge in [-0.25, -0.2) is 4.98 Å². The molecular weight excluding hydrogens is 186 g/mol. The van der Waals surface area contributed by atoms with Crippen molar-refractivity contribution in [3.63, 3.8) is 0 Å². The standard InChI is InChI=1S/C9H14ClN3/c10-9-8-2-1-7(3-4-11)5-13(8)6-12-9/h6-7H,1-5,11H2. The van der Waals surface area contributed by atoms with Crippen LogP contribution < -0.4 is 5.73 Å². The zero-order valence-electron chi connectivity index (χ0n) is 7.54. The van der Waals surface area contributed by atoms with E-state index in [1.807, 2.05) is 6.33 Å². The second-order valence-corrected chi connectivity index (χ2v) is 3.97. The summed E-state index contributed by atoms with van der Waals surface area (Å²) in [6.07, 6.45) is 5.18. The molecule has 2 rings (SSSR count). The molecule has 1 unspecified atom stereocenters. The van der Waals surface area contributed by atoms with Gasteiger partial charge in [0.05, 0.1) is 12.0 Å². The Bertz CT molecular complexity index is 295. The maximum Gasteiger partial charge on any atom is 0.150 e. The Morgan fingerprint density at radius 3 is 3.31 bits per heavy atom. The molecule has 0 spiro atoms. The molecule has 0 fully saturated rings. The average molecular weight is 200 g/mol. The maximum atomic E-state index is 5.93. The first-order valence-electron chi connectivity index (χ1n) is 4.71. The molecule has 72 valence electrons. The van der Waals surface area contributed by atoms with Gasteiger partial charge in [0.1, 0.15) is 5.15 Å². The number of rotatable bonds is 2. The van der Waals surface area contributed by atoms with Crippen molar-refractivity contribution in [3.05, 3.63) is 17.2 Å². The summed E-state index contributed by atoms with van der Waals surface area (Å²) in [4.78, 5) is 4.09. The number of aromatic nitrogens is 2. The van der Waals surface area contributed by atoms with E-state index < -0.39 is 0 Å². The van der Waals surface area contributed by atoms with Gasteiger partial charge in [0, 0.05) is 6.54 Å². The summed E-state index contributed by atoms with van der Waals surface area (Å²) in [6.45, 7) is 1.81. The van der Waals surface area contributed by atoms with Crippen LogP contribution in [0.5, 0.6) is 0 Å². The average Bonchev–Trinajstić information content (AvgIpc) is 2.48. The number of nitrogens with zero attached hydrogens (tertiary/aromatic N) is 2. The largest absolute Gasteiger partial charge is 0.333 e. The van der Waals surface area contributed by atoms with Crippen LogP contribution in [0.4, 0.5) is 0 Å². The van der Waals surface area contributed by atoms with Crippen LogP contribution in [0.15, 0.2) is 6.33 Å². The van der Waals surface area contributed by atoms with Crippen LogP contribution in [0.25, 0.3) is 0 Å². The number of fused-ring (bicyclic) bond motifs is 1. The molecule has 0 aromatic carbocycles. The molecule has 1 aromatic rings. The van der Waals surface area contributed by atoms with E-state index in [9.17, 15) is 0 Å². The third-order valence-corrected chi connectivity index (χ3v) is 3.03. The zero-order valence-corrected chi connectivity index (χ0v) is 8.30. The number of imidazole rings is 1. The highest BCUT2D eigenvalue weighted by Gasteiger charge is 2.20. The molecule has 2 heterocycles. The predicted molar refractivity (Wildman–Crippen MR) is 52.7 cm³/mol. The lowest BCUT2D eigenvalue weighted by molar-refractivity contribution is 0.353. The van der Waals surface area contributed by atoms with Crippen LogP contribution in [0.2, 0.25) is 5.15 Å². The van der Waals surface area contributed by atoms with Crippen LogP contribution >= 0.6 is 11.6 Å². The lowest BCUT2D eigenvalue weighted by Crippen LogP contribution is -2.21. The fourth-order valence-corrected chi connectivity index (χ4v) is 2.22. The van der Waals surface area contributed by atoms with E-state index in [0.717, 1.165) is 25.9 Å². The van der Waals surface area contributed by atoms with Gasteiger partial charge in [-0.05, 0) is 31.7 Å². The molecule has 3 nitrogen and oxygen atoms in total. The number of halogens is 1. The first-order valence-corrected chi connectivity index (χ1v) is 5.08. The summed E-state index contributed by atoms with van der Waals surface area (Å²) in [6, 6.07) is 0. The fourth-order valence-electron chi connectivity index (χ4n) is 1.97. The molecule has 1 aromatic heterocycles. The van der Waals surface area contributed by atoms with Gasteiger partial charge in [-0.2, -0.15) is 0 Å². The highest BCUT2D eigenvalue weighted by Crippen LogP contribution is 2.26. The third-order valence-electron chi connectivity index (χ3n) is 2.71. The fraction of sp³-hybridized carbons (Fsp3) is 0.667. The summed E-state index contributed by atoms with van der Waals surface area (Å²) >= 11 is 5.93. The van der Waals surface area contributed by atoms with E-state index in [4.69, 9.17) is 17.3 Å². The molecule has 1 atom stereocenters. The van der Waals surface area contributed by atoms with Gasteiger partial charge in [0.15, 0.2) is 0 Å². The van der Waals surface area contributed by atoms with E-state index in [-0.39, 0.29) is 0 Å². The normalized spacial score (nSPS) is 21.5. The smallest absolute Gasteiger partial charge is 0.150 e. The lowest BCUT2D eigenvalue weighted by Gasteiger charge is -2.23. The molecule has 0 aliphatic carbocycles. The molecule has 13 heavy (non-hydrogen) atoms. The zero-order chi connectivity index (χ0) is 9.26. The SMILES string of the molecule is NCCC1CCc2c(Cl)ncn2C1. The molecule has 0 bridgehead atoms. The Morgan fingerprint density at radius 2 is 2.54 bits per heavy atom. The summed E-state index contributed by atoms with van der Waals surface area (Å²) < 4.78 is 2.16. The summed E-state index contributed by atoms with van der Waals surface area (Å²) in [5.41, 5.74) is 6.72. The molecule has 0 radical (unpaired) electrons. The second-order valence-electron chi connectivity index (χ2n) is 3.62. The van der Waals surface area contributed by atoms with Crippen molar-refractivity contribution in [1.82, 2.24) is 9.55 Å². The second kappa shape index (κ2) is 3.68. The van der Waals surface area contributed by atoms with E-state index in [0.29, 0.717) is 11.1 Å². The van der Waals surface area contributed by atoms with Crippen molar-refractivity contribution < 1.29 is 0 Å². The van der Waals surface area contributed by atoms with Crippen molar-refractivity contribution in [1.29, 1.82) is 0 Å². The minimum Gasteiger partial charge on any atom is -0.333 e. The van der Waals surface area contributed by atoms with Crippen molar-refractivity contribution in [2.24, 2.45) is 11.7 Å². The summed E-state index contributed by atoms with van der Waals surface area (Å²) in [7, 11) is 0. The predicted octanol–water partition coefficient (Wildman–Crippen LogP) is 1.45. The molecule has 0 saturated carbocycles. The molecule has 4 heteroatoms. The van der Waals surface area contributed by atoms with Gasteiger partial charge in [-0.3, -0.25) is 0 Å². The quantitative estimate of drug-likeness (QED) is 0.784. The topological polar surface area (TPSA) is 43.8 Å². The van der Waals surface area contributed by atoms with Crippen LogP contribution in [0.3, 0.4) is 0 Å². The molecule has 0 amide bonds. The molecule has 1 aliphatic heterocycles. The van der Waals surface area contributed by atoms with E-state index in [1.165, 1.54) is 12.1 Å². The summed E-state index contributed by atoms with van der Waals surface area (Å²) in [5, 5.41) is 0.672. The number of hydrogen-bond donors (Lipinski definition) is 1. The van der Waals surface area contributed by atoms with Gasteiger partial charge in [-0.15, -0.1) is 0 Å². The van der Waals surface area contributed by atoms with E-state index in [1.54, 1.807) is 0 Å². The van der Waals surface area contributed by atoms with Gasteiger partial charge < -0.3 is 10.3 Å². The van der Waals surface area contributed by atoms with Crippen LogP contribution in [0, 0.1) is 5.92 Å². The van der Waals surface area contributed by atoms with Crippen molar-refractivity contribution in [2.75, 3.05) is 6.54 Å². The van der Waals surface area contributed by atoms with Gasteiger partial charge in [-0.1, -0.05) is 11.6 Å². The highest BCUT2D eigenvalue weighted by molar-refractivity contribution is 6.30. The molecule has 2 N–H and O–H groups in total. The third kappa shape index (κ3) is 1.71. The Balaban J connectivity index is 2.11. The number of nitrogens with two attached hydrogens (primary N) is 1. The first kappa shape index (κ1) is 9.03. The van der Waals surface area contributed by atoms with Crippen molar-refractivity contribution in [3.8, 4) is 0 Å². The Kier molecular flexibility index (Phi) is 2.56. The van der Waals surface area contributed by atoms with E-state index in [2.05, 4.69) is 9.55 Å².